The van der Waals surface area contributed by atoms with Crippen LogP contribution in [0.15, 0.2) is 12.1 Å². The van der Waals surface area contributed by atoms with Crippen molar-refractivity contribution in [1.82, 2.24) is 15.1 Å². The SMILES string of the molecule is Cc1cc(C)c(CNC(=O)N2CCC(C(=O)N3CCCC3)CC2)c(C)c1. The van der Waals surface area contributed by atoms with Gasteiger partial charge in [-0.3, -0.25) is 4.79 Å². The fraction of sp³-hybridized carbons (Fsp3) is 0.619. The van der Waals surface area contributed by atoms with Crippen molar-refractivity contribution in [2.75, 3.05) is 26.2 Å². The minimum absolute atomic E-state index is 0.0172. The van der Waals surface area contributed by atoms with Crippen LogP contribution >= 0.6 is 0 Å². The number of carbonyl (C=O) groups is 2. The number of hydrogen-bond donors (Lipinski definition) is 1. The van der Waals surface area contributed by atoms with Crippen molar-refractivity contribution in [3.8, 4) is 0 Å². The molecular weight excluding hydrogens is 326 g/mol. The number of hydrogen-bond acceptors (Lipinski definition) is 2. The molecule has 0 aromatic heterocycles. The molecule has 0 aliphatic carbocycles. The molecule has 0 unspecified atom stereocenters. The minimum Gasteiger partial charge on any atom is -0.342 e. The van der Waals surface area contributed by atoms with E-state index in [-0.39, 0.29) is 11.9 Å². The normalized spacial score (nSPS) is 18.3. The summed E-state index contributed by atoms with van der Waals surface area (Å²) < 4.78 is 0. The molecule has 5 heteroatoms. The Bertz CT molecular complexity index is 649. The van der Waals surface area contributed by atoms with E-state index >= 15 is 0 Å². The molecule has 0 radical (unpaired) electrons. The fourth-order valence-electron chi connectivity index (χ4n) is 4.29. The Balaban J connectivity index is 1.49. The average molecular weight is 357 g/mol. The molecule has 3 amide bonds. The van der Waals surface area contributed by atoms with Gasteiger partial charge in [-0.05, 0) is 63.1 Å². The van der Waals surface area contributed by atoms with Crippen LogP contribution in [0.5, 0.6) is 0 Å². The first-order valence-corrected chi connectivity index (χ1v) is 9.84. The molecule has 1 aromatic rings. The molecule has 2 heterocycles. The average Bonchev–Trinajstić information content (AvgIpc) is 3.14. The van der Waals surface area contributed by atoms with E-state index in [2.05, 4.69) is 38.2 Å². The van der Waals surface area contributed by atoms with E-state index in [0.29, 0.717) is 25.5 Å². The second-order valence-corrected chi connectivity index (χ2v) is 7.83. The summed E-state index contributed by atoms with van der Waals surface area (Å²) >= 11 is 0. The van der Waals surface area contributed by atoms with Gasteiger partial charge in [-0.25, -0.2) is 4.79 Å². The molecular formula is C21H31N3O2. The van der Waals surface area contributed by atoms with Gasteiger partial charge in [-0.1, -0.05) is 17.7 Å². The monoisotopic (exact) mass is 357 g/mol. The van der Waals surface area contributed by atoms with Gasteiger partial charge in [0.05, 0.1) is 0 Å². The van der Waals surface area contributed by atoms with Crippen molar-refractivity contribution in [2.24, 2.45) is 5.92 Å². The number of benzene rings is 1. The van der Waals surface area contributed by atoms with Crippen LogP contribution in [0.4, 0.5) is 4.79 Å². The number of likely N-dealkylation sites (tertiary alicyclic amines) is 2. The molecule has 0 saturated carbocycles. The Morgan fingerprint density at radius 2 is 1.54 bits per heavy atom. The molecule has 2 saturated heterocycles. The van der Waals surface area contributed by atoms with Gasteiger partial charge in [0.1, 0.15) is 0 Å². The highest BCUT2D eigenvalue weighted by molar-refractivity contribution is 5.80. The zero-order chi connectivity index (χ0) is 18.7. The largest absolute Gasteiger partial charge is 0.342 e. The summed E-state index contributed by atoms with van der Waals surface area (Å²) in [4.78, 5) is 28.9. The van der Waals surface area contributed by atoms with Gasteiger partial charge < -0.3 is 15.1 Å². The molecule has 2 fully saturated rings. The standard InChI is InChI=1S/C21H31N3O2/c1-15-12-16(2)19(17(3)13-15)14-22-21(26)24-10-6-18(7-11-24)20(25)23-8-4-5-9-23/h12-13,18H,4-11,14H2,1-3H3,(H,22,26). The molecule has 0 atom stereocenters. The Hall–Kier alpha value is -2.04. The first kappa shape index (κ1) is 18.7. The third-order valence-corrected chi connectivity index (χ3v) is 5.81. The Labute approximate surface area is 156 Å². The zero-order valence-electron chi connectivity index (χ0n) is 16.3. The van der Waals surface area contributed by atoms with Crippen molar-refractivity contribution >= 4 is 11.9 Å². The molecule has 2 aliphatic heterocycles. The summed E-state index contributed by atoms with van der Waals surface area (Å²) in [5.74, 6) is 0.396. The number of aryl methyl sites for hydroxylation is 3. The Kier molecular flexibility index (Phi) is 5.84. The van der Waals surface area contributed by atoms with Crippen LogP contribution < -0.4 is 5.32 Å². The molecule has 1 aromatic carbocycles. The maximum Gasteiger partial charge on any atom is 0.317 e. The third-order valence-electron chi connectivity index (χ3n) is 5.81. The van der Waals surface area contributed by atoms with E-state index in [9.17, 15) is 9.59 Å². The maximum absolute atomic E-state index is 12.5. The van der Waals surface area contributed by atoms with E-state index in [4.69, 9.17) is 0 Å². The van der Waals surface area contributed by atoms with Crippen molar-refractivity contribution in [3.05, 3.63) is 34.4 Å². The number of piperidine rings is 1. The summed E-state index contributed by atoms with van der Waals surface area (Å²) in [5, 5.41) is 3.06. The Morgan fingerprint density at radius 3 is 2.12 bits per heavy atom. The molecule has 0 bridgehead atoms. The second kappa shape index (κ2) is 8.11. The number of nitrogens with zero attached hydrogens (tertiary/aromatic N) is 2. The number of nitrogens with one attached hydrogen (secondary N) is 1. The number of carbonyl (C=O) groups excluding carboxylic acids is 2. The van der Waals surface area contributed by atoms with Gasteiger partial charge in [-0.2, -0.15) is 0 Å². The van der Waals surface area contributed by atoms with Crippen LogP contribution in [0.2, 0.25) is 0 Å². The highest BCUT2D eigenvalue weighted by atomic mass is 16.2. The van der Waals surface area contributed by atoms with Gasteiger partial charge >= 0.3 is 6.03 Å². The van der Waals surface area contributed by atoms with Crippen molar-refractivity contribution in [2.45, 2.75) is 53.0 Å². The highest BCUT2D eigenvalue weighted by Gasteiger charge is 2.31. The van der Waals surface area contributed by atoms with Gasteiger partial charge in [0.15, 0.2) is 0 Å². The van der Waals surface area contributed by atoms with E-state index in [1.165, 1.54) is 22.3 Å². The molecule has 0 spiro atoms. The first-order chi connectivity index (χ1) is 12.5. The Morgan fingerprint density at radius 1 is 0.962 bits per heavy atom. The van der Waals surface area contributed by atoms with Crippen molar-refractivity contribution in [1.29, 1.82) is 0 Å². The van der Waals surface area contributed by atoms with Crippen molar-refractivity contribution < 1.29 is 9.59 Å². The van der Waals surface area contributed by atoms with E-state index in [1.54, 1.807) is 0 Å². The summed E-state index contributed by atoms with van der Waals surface area (Å²) in [7, 11) is 0. The van der Waals surface area contributed by atoms with Crippen LogP contribution in [-0.2, 0) is 11.3 Å². The van der Waals surface area contributed by atoms with Gasteiger partial charge in [0, 0.05) is 38.6 Å². The second-order valence-electron chi connectivity index (χ2n) is 7.83. The maximum atomic E-state index is 12.5. The molecule has 3 rings (SSSR count). The lowest BCUT2D eigenvalue weighted by Crippen LogP contribution is -2.47. The first-order valence-electron chi connectivity index (χ1n) is 9.84. The van der Waals surface area contributed by atoms with Gasteiger partial charge in [0.25, 0.3) is 0 Å². The van der Waals surface area contributed by atoms with Crippen molar-refractivity contribution in [3.63, 3.8) is 0 Å². The minimum atomic E-state index is -0.0172. The quantitative estimate of drug-likeness (QED) is 0.903. The van der Waals surface area contributed by atoms with Crippen LogP contribution in [0.3, 0.4) is 0 Å². The van der Waals surface area contributed by atoms with Gasteiger partial charge in [-0.15, -0.1) is 0 Å². The smallest absolute Gasteiger partial charge is 0.317 e. The summed E-state index contributed by atoms with van der Waals surface area (Å²) in [5.41, 5.74) is 4.89. The summed E-state index contributed by atoms with van der Waals surface area (Å²) in [6.07, 6.45) is 3.83. The van der Waals surface area contributed by atoms with E-state index in [1.807, 2.05) is 9.80 Å². The lowest BCUT2D eigenvalue weighted by atomic mass is 9.95. The van der Waals surface area contributed by atoms with Crippen LogP contribution in [0.1, 0.15) is 47.9 Å². The predicted molar refractivity (Wildman–Crippen MR) is 103 cm³/mol. The molecule has 1 N–H and O–H groups in total. The third kappa shape index (κ3) is 4.19. The van der Waals surface area contributed by atoms with E-state index in [0.717, 1.165) is 38.8 Å². The lowest BCUT2D eigenvalue weighted by Gasteiger charge is -2.33. The summed E-state index contributed by atoms with van der Waals surface area (Å²) in [6, 6.07) is 4.30. The predicted octanol–water partition coefficient (Wildman–Crippen LogP) is 3.16. The summed E-state index contributed by atoms with van der Waals surface area (Å²) in [6.45, 7) is 10.0. The topological polar surface area (TPSA) is 52.7 Å². The van der Waals surface area contributed by atoms with Crippen LogP contribution in [0.25, 0.3) is 0 Å². The van der Waals surface area contributed by atoms with Crippen LogP contribution in [0, 0.1) is 26.7 Å². The number of urea groups is 1. The molecule has 5 nitrogen and oxygen atoms in total. The van der Waals surface area contributed by atoms with E-state index < -0.39 is 0 Å². The highest BCUT2D eigenvalue weighted by Crippen LogP contribution is 2.22. The van der Waals surface area contributed by atoms with Gasteiger partial charge in [0.2, 0.25) is 5.91 Å². The molecule has 26 heavy (non-hydrogen) atoms. The fourth-order valence-corrected chi connectivity index (χ4v) is 4.29. The number of amides is 3. The zero-order valence-corrected chi connectivity index (χ0v) is 16.3. The molecule has 142 valence electrons. The van der Waals surface area contributed by atoms with Crippen LogP contribution in [-0.4, -0.2) is 47.9 Å². The number of rotatable bonds is 3. The molecule has 2 aliphatic rings. The lowest BCUT2D eigenvalue weighted by molar-refractivity contribution is -0.135.